The molecule has 0 saturated carbocycles. The van der Waals surface area contributed by atoms with E-state index in [4.69, 9.17) is 4.84 Å². The van der Waals surface area contributed by atoms with Crippen molar-refractivity contribution in [2.75, 3.05) is 16.7 Å². The van der Waals surface area contributed by atoms with Crippen molar-refractivity contribution in [1.29, 1.82) is 0 Å². The number of alkyl halides is 3. The molecule has 1 N–H and O–H groups in total. The number of oxime groups is 1. The number of anilines is 3. The fraction of sp³-hybridized carbons (Fsp3) is 0.308. The number of rotatable bonds is 4. The molecule has 2 heterocycles. The molecule has 0 atom stereocenters. The number of pyridine rings is 1. The van der Waals surface area contributed by atoms with Crippen LogP contribution in [-0.4, -0.2) is 26.2 Å². The molecular formula is C26H27F3N4O3S. The average Bonchev–Trinajstić information content (AvgIpc) is 2.99. The predicted molar refractivity (Wildman–Crippen MR) is 137 cm³/mol. The van der Waals surface area contributed by atoms with Crippen LogP contribution >= 0.6 is 0 Å². The number of nitrogens with zero attached hydrogens (tertiary/aromatic N) is 3. The summed E-state index contributed by atoms with van der Waals surface area (Å²) in [4.78, 5) is 8.66. The van der Waals surface area contributed by atoms with E-state index in [0.717, 1.165) is 11.6 Å². The third-order valence-corrected chi connectivity index (χ3v) is 7.83. The zero-order valence-electron chi connectivity index (χ0n) is 21.0. The van der Waals surface area contributed by atoms with Gasteiger partial charge in [0.1, 0.15) is 18.6 Å². The highest BCUT2D eigenvalue weighted by Crippen LogP contribution is 2.40. The summed E-state index contributed by atoms with van der Waals surface area (Å²) in [6, 6.07) is 13.6. The summed E-state index contributed by atoms with van der Waals surface area (Å²) < 4.78 is 69.1. The van der Waals surface area contributed by atoms with Crippen LogP contribution in [0.3, 0.4) is 0 Å². The third kappa shape index (κ3) is 5.27. The fourth-order valence-corrected chi connectivity index (χ4v) is 5.43. The molecule has 0 fully saturated rings. The van der Waals surface area contributed by atoms with Gasteiger partial charge in [-0.15, -0.1) is 0 Å². The Morgan fingerprint density at radius 2 is 1.73 bits per heavy atom. The number of hydrogen-bond donors (Lipinski definition) is 1. The predicted octanol–water partition coefficient (Wildman–Crippen LogP) is 6.22. The molecule has 0 spiro atoms. The minimum atomic E-state index is -4.65. The minimum Gasteiger partial charge on any atom is -0.399 e. The van der Waals surface area contributed by atoms with Crippen LogP contribution in [0.15, 0.2) is 64.6 Å². The van der Waals surface area contributed by atoms with Gasteiger partial charge in [0.15, 0.2) is 0 Å². The molecule has 37 heavy (non-hydrogen) atoms. The molecule has 196 valence electrons. The second-order valence-corrected chi connectivity index (χ2v) is 11.6. The van der Waals surface area contributed by atoms with Crippen molar-refractivity contribution >= 4 is 32.9 Å². The van der Waals surface area contributed by atoms with Crippen molar-refractivity contribution in [3.05, 3.63) is 77.0 Å². The summed E-state index contributed by atoms with van der Waals surface area (Å²) >= 11 is 0. The Morgan fingerprint density at radius 1 is 1.05 bits per heavy atom. The number of aromatic nitrogens is 1. The van der Waals surface area contributed by atoms with Gasteiger partial charge in [0, 0.05) is 11.1 Å². The Bertz CT molecular complexity index is 1460. The Morgan fingerprint density at radius 3 is 2.32 bits per heavy atom. The molecule has 0 amide bonds. The second-order valence-electron chi connectivity index (χ2n) is 9.70. The van der Waals surface area contributed by atoms with Crippen LogP contribution < -0.4 is 9.62 Å². The highest BCUT2D eigenvalue weighted by atomic mass is 32.2. The lowest BCUT2D eigenvalue weighted by molar-refractivity contribution is -0.141. The summed E-state index contributed by atoms with van der Waals surface area (Å²) in [5.41, 5.74) is 1.63. The lowest BCUT2D eigenvalue weighted by atomic mass is 9.87. The largest absolute Gasteiger partial charge is 0.433 e. The number of sulfonamides is 1. The van der Waals surface area contributed by atoms with E-state index >= 15 is 0 Å². The minimum absolute atomic E-state index is 0.0578. The summed E-state index contributed by atoms with van der Waals surface area (Å²) in [7, 11) is -2.73. The van der Waals surface area contributed by atoms with E-state index in [2.05, 4.69) is 15.5 Å². The average molecular weight is 533 g/mol. The lowest BCUT2D eigenvalue weighted by Crippen LogP contribution is -2.30. The summed E-state index contributed by atoms with van der Waals surface area (Å²) in [5, 5.41) is 6.82. The summed E-state index contributed by atoms with van der Waals surface area (Å²) in [6.07, 6.45) is -4.65. The van der Waals surface area contributed by atoms with Crippen molar-refractivity contribution in [2.24, 2.45) is 5.16 Å². The first-order valence-electron chi connectivity index (χ1n) is 11.4. The van der Waals surface area contributed by atoms with Gasteiger partial charge in [-0.2, -0.15) is 13.2 Å². The molecule has 4 rings (SSSR count). The summed E-state index contributed by atoms with van der Waals surface area (Å²) in [6.45, 7) is 7.55. The van der Waals surface area contributed by atoms with Gasteiger partial charge in [-0.05, 0) is 48.2 Å². The quantitative estimate of drug-likeness (QED) is 0.319. The van der Waals surface area contributed by atoms with Crippen LogP contribution in [0.2, 0.25) is 0 Å². The van der Waals surface area contributed by atoms with Gasteiger partial charge in [-0.1, -0.05) is 50.2 Å². The molecule has 2 aromatic carbocycles. The maximum absolute atomic E-state index is 13.9. The molecule has 0 aliphatic carbocycles. The van der Waals surface area contributed by atoms with Crippen molar-refractivity contribution < 1.29 is 26.4 Å². The first kappa shape index (κ1) is 26.5. The van der Waals surface area contributed by atoms with E-state index < -0.39 is 21.9 Å². The summed E-state index contributed by atoms with van der Waals surface area (Å²) in [5.74, 6) is -0.0631. The van der Waals surface area contributed by atoms with Crippen LogP contribution in [-0.2, 0) is 33.0 Å². The first-order valence-corrected chi connectivity index (χ1v) is 12.9. The topological polar surface area (TPSA) is 83.9 Å². The highest BCUT2D eigenvalue weighted by molar-refractivity contribution is 7.92. The molecular weight excluding hydrogens is 505 g/mol. The van der Waals surface area contributed by atoms with Crippen LogP contribution in [0.4, 0.5) is 30.4 Å². The molecule has 0 radical (unpaired) electrons. The van der Waals surface area contributed by atoms with Crippen molar-refractivity contribution in [3.63, 3.8) is 0 Å². The molecule has 1 aromatic heterocycles. The Labute approximate surface area is 214 Å². The SMILES string of the molecule is CON=C(C)c1ccc2c(c1)N(S(=O)(=O)c1ccc(C(C)(C)C)cc1)Cc1ccc(C(F)(F)F)nc1N2. The standard InChI is InChI=1S/C26H27F3N4O3S/c1-16(32-36-5)17-6-12-21-22(14-17)33(15-18-7-13-23(26(27,28)29)31-24(18)30-21)37(34,35)20-10-8-19(9-11-20)25(2,3)4/h6-14H,15H2,1-5H3,(H,30,31). The second kappa shape index (κ2) is 9.37. The number of fused-ring (bicyclic) bond motifs is 2. The Kier molecular flexibility index (Phi) is 6.70. The third-order valence-electron chi connectivity index (χ3n) is 6.06. The molecule has 1 aliphatic heterocycles. The Balaban J connectivity index is 1.89. The van der Waals surface area contributed by atoms with Crippen LogP contribution in [0.25, 0.3) is 0 Å². The molecule has 0 bridgehead atoms. The first-order chi connectivity index (χ1) is 17.2. The van der Waals surface area contributed by atoms with Gasteiger partial charge in [-0.3, -0.25) is 4.31 Å². The number of halogens is 3. The fourth-order valence-electron chi connectivity index (χ4n) is 3.98. The van der Waals surface area contributed by atoms with E-state index in [1.54, 1.807) is 49.4 Å². The molecule has 0 saturated heterocycles. The lowest BCUT2D eigenvalue weighted by Gasteiger charge is -2.26. The van der Waals surface area contributed by atoms with Gasteiger partial charge >= 0.3 is 6.18 Å². The van der Waals surface area contributed by atoms with E-state index in [1.807, 2.05) is 20.8 Å². The van der Waals surface area contributed by atoms with E-state index in [9.17, 15) is 21.6 Å². The van der Waals surface area contributed by atoms with E-state index in [-0.39, 0.29) is 34.0 Å². The van der Waals surface area contributed by atoms with Gasteiger partial charge in [0.05, 0.1) is 28.5 Å². The zero-order chi connectivity index (χ0) is 27.2. The van der Waals surface area contributed by atoms with Crippen molar-refractivity contribution in [3.8, 4) is 0 Å². The van der Waals surface area contributed by atoms with E-state index in [1.165, 1.54) is 17.5 Å². The van der Waals surface area contributed by atoms with Gasteiger partial charge < -0.3 is 10.2 Å². The van der Waals surface area contributed by atoms with Crippen LogP contribution in [0.5, 0.6) is 0 Å². The normalized spacial score (nSPS) is 14.4. The van der Waals surface area contributed by atoms with Gasteiger partial charge in [0.2, 0.25) is 0 Å². The molecule has 1 aliphatic rings. The van der Waals surface area contributed by atoms with Crippen LogP contribution in [0, 0.1) is 0 Å². The number of hydrogen-bond acceptors (Lipinski definition) is 6. The van der Waals surface area contributed by atoms with Gasteiger partial charge in [0.25, 0.3) is 10.0 Å². The monoisotopic (exact) mass is 532 g/mol. The molecule has 3 aromatic rings. The Hall–Kier alpha value is -3.60. The van der Waals surface area contributed by atoms with Gasteiger partial charge in [-0.25, -0.2) is 13.4 Å². The zero-order valence-corrected chi connectivity index (χ0v) is 21.8. The number of nitrogens with one attached hydrogen (secondary N) is 1. The highest BCUT2D eigenvalue weighted by Gasteiger charge is 2.35. The van der Waals surface area contributed by atoms with Crippen LogP contribution in [0.1, 0.15) is 50.1 Å². The maximum atomic E-state index is 13.9. The number of benzene rings is 2. The molecule has 11 heteroatoms. The van der Waals surface area contributed by atoms with E-state index in [0.29, 0.717) is 16.8 Å². The van der Waals surface area contributed by atoms with Crippen molar-refractivity contribution in [1.82, 2.24) is 4.98 Å². The van der Waals surface area contributed by atoms with Crippen molar-refractivity contribution in [2.45, 2.75) is 50.7 Å². The smallest absolute Gasteiger partial charge is 0.399 e. The maximum Gasteiger partial charge on any atom is 0.433 e. The molecule has 7 nitrogen and oxygen atoms in total. The molecule has 0 unspecified atom stereocenters.